The minimum absolute atomic E-state index is 0.0694. The van der Waals surface area contributed by atoms with Crippen molar-refractivity contribution in [3.63, 3.8) is 0 Å². The molecule has 0 saturated carbocycles. The molecule has 0 bridgehead atoms. The van der Waals surface area contributed by atoms with Crippen molar-refractivity contribution in [3.05, 3.63) is 29.3 Å². The molecule has 0 radical (unpaired) electrons. The molecule has 5 nitrogen and oxygen atoms in total. The lowest BCUT2D eigenvalue weighted by Crippen LogP contribution is -2.52. The second-order valence-electron chi connectivity index (χ2n) is 6.80. The summed E-state index contributed by atoms with van der Waals surface area (Å²) in [6.07, 6.45) is 5.26. The first-order chi connectivity index (χ1) is 12.1. The average molecular weight is 365 g/mol. The Morgan fingerprint density at radius 1 is 1.44 bits per heavy atom. The number of piperidine rings is 1. The van der Waals surface area contributed by atoms with Gasteiger partial charge in [-0.25, -0.2) is 0 Å². The topological polar surface area (TPSA) is 64.8 Å². The summed E-state index contributed by atoms with van der Waals surface area (Å²) in [5.41, 5.74) is 8.23. The standard InChI is InChI=1S/C19H28N2O3S/c1-23-16-5-3-4-14-6-12-24-19(17(14)16)8-10-21(11-9-19)18(22)15(20)7-13-25-2/h3-5,15H,6-13,20H2,1-2H3/t15-/m0/s1. The first-order valence-corrected chi connectivity index (χ1v) is 10.3. The smallest absolute Gasteiger partial charge is 0.239 e. The zero-order valence-corrected chi connectivity index (χ0v) is 15.9. The number of thioether (sulfide) groups is 1. The second-order valence-corrected chi connectivity index (χ2v) is 7.79. The van der Waals surface area contributed by atoms with Gasteiger partial charge in [0.1, 0.15) is 11.4 Å². The Bertz CT molecular complexity index is 600. The van der Waals surface area contributed by atoms with E-state index >= 15 is 0 Å². The number of ether oxygens (including phenoxy) is 2. The zero-order chi connectivity index (χ0) is 17.9. The molecule has 1 saturated heterocycles. The maximum atomic E-state index is 12.6. The first-order valence-electron chi connectivity index (χ1n) is 8.95. The highest BCUT2D eigenvalue weighted by molar-refractivity contribution is 7.98. The summed E-state index contributed by atoms with van der Waals surface area (Å²) >= 11 is 1.72. The van der Waals surface area contributed by atoms with Gasteiger partial charge in [-0.15, -0.1) is 0 Å². The number of rotatable bonds is 5. The summed E-state index contributed by atoms with van der Waals surface area (Å²) < 4.78 is 11.9. The van der Waals surface area contributed by atoms with Crippen LogP contribution in [0, 0.1) is 0 Å². The predicted octanol–water partition coefficient (Wildman–Crippen LogP) is 2.17. The first kappa shape index (κ1) is 18.5. The Kier molecular flexibility index (Phi) is 5.92. The van der Waals surface area contributed by atoms with E-state index in [2.05, 4.69) is 6.07 Å². The number of hydrogen-bond acceptors (Lipinski definition) is 5. The molecular formula is C19H28N2O3S. The van der Waals surface area contributed by atoms with Crippen LogP contribution in [0.4, 0.5) is 0 Å². The van der Waals surface area contributed by atoms with Crippen LogP contribution in [0.1, 0.15) is 30.4 Å². The average Bonchev–Trinajstić information content (AvgIpc) is 2.66. The van der Waals surface area contributed by atoms with Crippen molar-refractivity contribution in [1.29, 1.82) is 0 Å². The largest absolute Gasteiger partial charge is 0.496 e. The molecule has 1 amide bonds. The molecule has 25 heavy (non-hydrogen) atoms. The summed E-state index contributed by atoms with van der Waals surface area (Å²) in [7, 11) is 1.71. The van der Waals surface area contributed by atoms with E-state index in [0.717, 1.165) is 43.8 Å². The minimum Gasteiger partial charge on any atom is -0.496 e. The number of benzene rings is 1. The zero-order valence-electron chi connectivity index (χ0n) is 15.1. The lowest BCUT2D eigenvalue weighted by atomic mass is 9.78. The molecule has 2 N–H and O–H groups in total. The van der Waals surface area contributed by atoms with Gasteiger partial charge in [0.05, 0.1) is 19.8 Å². The van der Waals surface area contributed by atoms with Crippen molar-refractivity contribution in [3.8, 4) is 5.75 Å². The molecule has 1 aromatic carbocycles. The maximum Gasteiger partial charge on any atom is 0.239 e. The summed E-state index contributed by atoms with van der Waals surface area (Å²) in [5, 5.41) is 0. The molecule has 1 atom stereocenters. The number of nitrogens with zero attached hydrogens (tertiary/aromatic N) is 1. The lowest BCUT2D eigenvalue weighted by molar-refractivity contribution is -0.142. The molecule has 3 rings (SSSR count). The second kappa shape index (κ2) is 7.98. The number of hydrogen-bond donors (Lipinski definition) is 1. The molecule has 2 heterocycles. The van der Waals surface area contributed by atoms with E-state index in [4.69, 9.17) is 15.2 Å². The van der Waals surface area contributed by atoms with E-state index in [1.165, 1.54) is 11.1 Å². The van der Waals surface area contributed by atoms with Crippen molar-refractivity contribution < 1.29 is 14.3 Å². The van der Waals surface area contributed by atoms with Gasteiger partial charge in [-0.2, -0.15) is 11.8 Å². The van der Waals surface area contributed by atoms with Crippen LogP contribution in [-0.4, -0.2) is 55.7 Å². The van der Waals surface area contributed by atoms with Gasteiger partial charge in [0.2, 0.25) is 5.91 Å². The number of carbonyl (C=O) groups is 1. The van der Waals surface area contributed by atoms with Gasteiger partial charge < -0.3 is 20.1 Å². The molecule has 1 fully saturated rings. The minimum atomic E-state index is -0.393. The lowest BCUT2D eigenvalue weighted by Gasteiger charge is -2.45. The molecule has 1 spiro atoms. The summed E-state index contributed by atoms with van der Waals surface area (Å²) in [6, 6.07) is 5.82. The normalized spacial score (nSPS) is 20.2. The van der Waals surface area contributed by atoms with Gasteiger partial charge in [-0.3, -0.25) is 4.79 Å². The van der Waals surface area contributed by atoms with Crippen molar-refractivity contribution in [2.24, 2.45) is 5.73 Å². The van der Waals surface area contributed by atoms with Crippen molar-refractivity contribution in [2.75, 3.05) is 38.8 Å². The predicted molar refractivity (Wildman–Crippen MR) is 101 cm³/mol. The number of amides is 1. The number of likely N-dealkylation sites (tertiary alicyclic amines) is 1. The summed E-state index contributed by atoms with van der Waals surface area (Å²) in [4.78, 5) is 14.5. The van der Waals surface area contributed by atoms with E-state index in [1.54, 1.807) is 18.9 Å². The molecule has 138 valence electrons. The van der Waals surface area contributed by atoms with Crippen molar-refractivity contribution in [2.45, 2.75) is 37.3 Å². The van der Waals surface area contributed by atoms with Gasteiger partial charge in [0, 0.05) is 18.7 Å². The molecule has 2 aliphatic rings. The SMILES string of the molecule is COc1cccc2c1C1(CCN(C(=O)[C@@H](N)CCSC)CC1)OCC2. The highest BCUT2D eigenvalue weighted by Crippen LogP contribution is 2.45. The van der Waals surface area contributed by atoms with Crippen LogP contribution in [0.3, 0.4) is 0 Å². The van der Waals surface area contributed by atoms with Gasteiger partial charge in [0.15, 0.2) is 0 Å². The molecule has 2 aliphatic heterocycles. The Morgan fingerprint density at radius 3 is 2.88 bits per heavy atom. The number of carbonyl (C=O) groups excluding carboxylic acids is 1. The third kappa shape index (κ3) is 3.66. The van der Waals surface area contributed by atoms with Crippen LogP contribution in [0.25, 0.3) is 0 Å². The Hall–Kier alpha value is -1.24. The van der Waals surface area contributed by atoms with E-state index in [0.29, 0.717) is 13.1 Å². The van der Waals surface area contributed by atoms with Crippen LogP contribution in [0.15, 0.2) is 18.2 Å². The van der Waals surface area contributed by atoms with Crippen LogP contribution >= 0.6 is 11.8 Å². The number of fused-ring (bicyclic) bond motifs is 2. The van der Waals surface area contributed by atoms with Crippen LogP contribution in [0.5, 0.6) is 5.75 Å². The van der Waals surface area contributed by atoms with E-state index < -0.39 is 6.04 Å². The Balaban J connectivity index is 1.74. The molecule has 1 aromatic rings. The van der Waals surface area contributed by atoms with Gasteiger partial charge in [0.25, 0.3) is 0 Å². The monoisotopic (exact) mass is 364 g/mol. The Labute approximate surface area is 154 Å². The fraction of sp³-hybridized carbons (Fsp3) is 0.632. The summed E-state index contributed by atoms with van der Waals surface area (Å²) in [6.45, 7) is 2.09. The van der Waals surface area contributed by atoms with Crippen molar-refractivity contribution >= 4 is 17.7 Å². The maximum absolute atomic E-state index is 12.6. The molecular weight excluding hydrogens is 336 g/mol. The van der Waals surface area contributed by atoms with Gasteiger partial charge in [-0.05, 0) is 49.3 Å². The fourth-order valence-electron chi connectivity index (χ4n) is 3.99. The summed E-state index contributed by atoms with van der Waals surface area (Å²) in [5.74, 6) is 1.88. The van der Waals surface area contributed by atoms with Gasteiger partial charge >= 0.3 is 0 Å². The van der Waals surface area contributed by atoms with Gasteiger partial charge in [-0.1, -0.05) is 12.1 Å². The number of methoxy groups -OCH3 is 1. The fourth-order valence-corrected chi connectivity index (χ4v) is 4.48. The highest BCUT2D eigenvalue weighted by atomic mass is 32.2. The van der Waals surface area contributed by atoms with E-state index in [-0.39, 0.29) is 11.5 Å². The third-order valence-corrected chi connectivity index (χ3v) is 6.01. The third-order valence-electron chi connectivity index (χ3n) is 5.37. The van der Waals surface area contributed by atoms with Crippen LogP contribution < -0.4 is 10.5 Å². The Morgan fingerprint density at radius 2 is 2.20 bits per heavy atom. The molecule has 0 aliphatic carbocycles. The quantitative estimate of drug-likeness (QED) is 0.867. The number of nitrogens with two attached hydrogens (primary N) is 1. The molecule has 0 unspecified atom stereocenters. The highest BCUT2D eigenvalue weighted by Gasteiger charge is 2.43. The van der Waals surface area contributed by atoms with E-state index in [1.807, 2.05) is 23.3 Å². The molecule has 6 heteroatoms. The molecule has 0 aromatic heterocycles. The van der Waals surface area contributed by atoms with Crippen molar-refractivity contribution in [1.82, 2.24) is 4.90 Å². The van der Waals surface area contributed by atoms with E-state index in [9.17, 15) is 4.79 Å². The van der Waals surface area contributed by atoms with Crippen LogP contribution in [-0.2, 0) is 21.6 Å². The van der Waals surface area contributed by atoms with Crippen LogP contribution in [0.2, 0.25) is 0 Å².